The maximum absolute atomic E-state index is 12.1. The molecule has 0 spiro atoms. The number of aromatic nitrogens is 1. The topological polar surface area (TPSA) is 57.5 Å². The molecule has 1 aromatic heterocycles. The summed E-state index contributed by atoms with van der Waals surface area (Å²) in [4.78, 5) is 13.8. The number of carbonyl (C=O) groups excluding carboxylic acids is 1. The molecule has 5 heteroatoms. The standard InChI is InChI=1S/C17H23N3O2/c21-13-15-6-3-11-20(15)17(22)18-9-4-10-19-12-8-14-5-1-2-7-16(14)19/h1-2,5,7-8,12,15,21H,3-4,6,9-11,13H2,(H,18,22). The van der Waals surface area contributed by atoms with Crippen LogP contribution in [0.5, 0.6) is 0 Å². The highest BCUT2D eigenvalue weighted by atomic mass is 16.3. The van der Waals surface area contributed by atoms with E-state index in [1.54, 1.807) is 4.90 Å². The largest absolute Gasteiger partial charge is 0.394 e. The van der Waals surface area contributed by atoms with Crippen molar-refractivity contribution in [1.82, 2.24) is 14.8 Å². The normalized spacial score (nSPS) is 18.0. The van der Waals surface area contributed by atoms with E-state index in [4.69, 9.17) is 0 Å². The molecule has 1 aliphatic heterocycles. The number of carbonyl (C=O) groups is 1. The minimum atomic E-state index is -0.0473. The first-order chi connectivity index (χ1) is 10.8. The lowest BCUT2D eigenvalue weighted by Gasteiger charge is -2.23. The molecular weight excluding hydrogens is 278 g/mol. The van der Waals surface area contributed by atoms with Crippen LogP contribution in [0.3, 0.4) is 0 Å². The minimum absolute atomic E-state index is 0.00612. The Kier molecular flexibility index (Phi) is 4.63. The van der Waals surface area contributed by atoms with Gasteiger partial charge in [-0.2, -0.15) is 0 Å². The van der Waals surface area contributed by atoms with Gasteiger partial charge in [-0.25, -0.2) is 4.79 Å². The second kappa shape index (κ2) is 6.83. The van der Waals surface area contributed by atoms with Gasteiger partial charge in [-0.05, 0) is 36.8 Å². The Labute approximate surface area is 130 Å². The molecule has 22 heavy (non-hydrogen) atoms. The van der Waals surface area contributed by atoms with Gasteiger partial charge in [0.15, 0.2) is 0 Å². The molecule has 2 heterocycles. The highest BCUT2D eigenvalue weighted by molar-refractivity contribution is 5.79. The van der Waals surface area contributed by atoms with Crippen molar-refractivity contribution in [2.75, 3.05) is 19.7 Å². The monoisotopic (exact) mass is 301 g/mol. The molecule has 0 radical (unpaired) electrons. The van der Waals surface area contributed by atoms with Gasteiger partial charge >= 0.3 is 6.03 Å². The Balaban J connectivity index is 1.46. The summed E-state index contributed by atoms with van der Waals surface area (Å²) in [6, 6.07) is 10.4. The van der Waals surface area contributed by atoms with Crippen LogP contribution in [0.25, 0.3) is 10.9 Å². The zero-order chi connectivity index (χ0) is 15.4. The van der Waals surface area contributed by atoms with Crippen molar-refractivity contribution in [1.29, 1.82) is 0 Å². The molecule has 0 bridgehead atoms. The van der Waals surface area contributed by atoms with Crippen molar-refractivity contribution in [3.63, 3.8) is 0 Å². The van der Waals surface area contributed by atoms with Crippen molar-refractivity contribution >= 4 is 16.9 Å². The molecular formula is C17H23N3O2. The summed E-state index contributed by atoms with van der Waals surface area (Å²) in [5.74, 6) is 0. The number of aliphatic hydroxyl groups excluding tert-OH is 1. The molecule has 1 aromatic carbocycles. The smallest absolute Gasteiger partial charge is 0.317 e. The summed E-state index contributed by atoms with van der Waals surface area (Å²) in [6.45, 7) is 2.35. The zero-order valence-electron chi connectivity index (χ0n) is 12.7. The highest BCUT2D eigenvalue weighted by Gasteiger charge is 2.27. The van der Waals surface area contributed by atoms with E-state index in [-0.39, 0.29) is 18.7 Å². The third kappa shape index (κ3) is 3.09. The van der Waals surface area contributed by atoms with E-state index in [9.17, 15) is 9.90 Å². The molecule has 3 rings (SSSR count). The summed E-state index contributed by atoms with van der Waals surface area (Å²) >= 11 is 0. The minimum Gasteiger partial charge on any atom is -0.394 e. The molecule has 1 atom stereocenters. The van der Waals surface area contributed by atoms with Crippen molar-refractivity contribution in [3.05, 3.63) is 36.5 Å². The van der Waals surface area contributed by atoms with Gasteiger partial charge in [0.05, 0.1) is 12.6 Å². The number of hydrogen-bond donors (Lipinski definition) is 2. The molecule has 118 valence electrons. The summed E-state index contributed by atoms with van der Waals surface area (Å²) in [6.07, 6.45) is 4.87. The van der Waals surface area contributed by atoms with Crippen molar-refractivity contribution < 1.29 is 9.90 Å². The average molecular weight is 301 g/mol. The number of nitrogens with one attached hydrogen (secondary N) is 1. The fourth-order valence-electron chi connectivity index (χ4n) is 3.17. The fraction of sp³-hybridized carbons (Fsp3) is 0.471. The van der Waals surface area contributed by atoms with Crippen LogP contribution in [0.1, 0.15) is 19.3 Å². The predicted octanol–water partition coefficient (Wildman–Crippen LogP) is 2.20. The molecule has 2 N–H and O–H groups in total. The molecule has 1 unspecified atom stereocenters. The lowest BCUT2D eigenvalue weighted by atomic mass is 10.2. The van der Waals surface area contributed by atoms with E-state index >= 15 is 0 Å². The third-order valence-electron chi connectivity index (χ3n) is 4.38. The highest BCUT2D eigenvalue weighted by Crippen LogP contribution is 2.17. The Bertz CT molecular complexity index is 638. The number of aliphatic hydroxyl groups is 1. The number of likely N-dealkylation sites (tertiary alicyclic amines) is 1. The summed E-state index contributed by atoms with van der Waals surface area (Å²) in [7, 11) is 0. The number of para-hydroxylation sites is 1. The molecule has 1 aliphatic rings. The van der Waals surface area contributed by atoms with Crippen LogP contribution in [0.2, 0.25) is 0 Å². The SMILES string of the molecule is O=C(NCCCn1ccc2ccccc21)N1CCCC1CO. The van der Waals surface area contributed by atoms with E-state index < -0.39 is 0 Å². The first-order valence-electron chi connectivity index (χ1n) is 7.99. The van der Waals surface area contributed by atoms with Gasteiger partial charge in [-0.15, -0.1) is 0 Å². The Hall–Kier alpha value is -2.01. The number of benzene rings is 1. The second-order valence-corrected chi connectivity index (χ2v) is 5.83. The summed E-state index contributed by atoms with van der Waals surface area (Å²) in [5.41, 5.74) is 1.23. The molecule has 2 aromatic rings. The molecule has 5 nitrogen and oxygen atoms in total. The lowest BCUT2D eigenvalue weighted by molar-refractivity contribution is 0.157. The quantitative estimate of drug-likeness (QED) is 0.832. The van der Waals surface area contributed by atoms with E-state index in [1.165, 1.54) is 10.9 Å². The predicted molar refractivity (Wildman–Crippen MR) is 86.8 cm³/mol. The Morgan fingerprint density at radius 2 is 2.18 bits per heavy atom. The van der Waals surface area contributed by atoms with Crippen molar-refractivity contribution in [2.24, 2.45) is 0 Å². The maximum atomic E-state index is 12.1. The van der Waals surface area contributed by atoms with Crippen molar-refractivity contribution in [3.8, 4) is 0 Å². The van der Waals surface area contributed by atoms with Gasteiger partial charge in [0.25, 0.3) is 0 Å². The van der Waals surface area contributed by atoms with Crippen LogP contribution in [0.4, 0.5) is 4.79 Å². The van der Waals surface area contributed by atoms with Crippen LogP contribution in [-0.2, 0) is 6.54 Å². The molecule has 1 fully saturated rings. The first kappa shape index (κ1) is 14.9. The van der Waals surface area contributed by atoms with E-state index in [2.05, 4.69) is 34.3 Å². The van der Waals surface area contributed by atoms with Gasteiger partial charge < -0.3 is 19.9 Å². The van der Waals surface area contributed by atoms with E-state index in [0.717, 1.165) is 32.4 Å². The fourth-order valence-corrected chi connectivity index (χ4v) is 3.17. The zero-order valence-corrected chi connectivity index (χ0v) is 12.7. The van der Waals surface area contributed by atoms with Crippen LogP contribution in [0, 0.1) is 0 Å². The van der Waals surface area contributed by atoms with Crippen LogP contribution >= 0.6 is 0 Å². The maximum Gasteiger partial charge on any atom is 0.317 e. The van der Waals surface area contributed by atoms with Crippen molar-refractivity contribution in [2.45, 2.75) is 31.8 Å². The number of amides is 2. The molecule has 0 saturated carbocycles. The van der Waals surface area contributed by atoms with Crippen LogP contribution < -0.4 is 5.32 Å². The average Bonchev–Trinajstić information content (AvgIpc) is 3.18. The number of nitrogens with zero attached hydrogens (tertiary/aromatic N) is 2. The molecule has 1 saturated heterocycles. The van der Waals surface area contributed by atoms with E-state index in [0.29, 0.717) is 6.54 Å². The van der Waals surface area contributed by atoms with Crippen LogP contribution in [-0.4, -0.2) is 46.3 Å². The summed E-state index contributed by atoms with van der Waals surface area (Å²) in [5, 5.41) is 13.5. The number of hydrogen-bond acceptors (Lipinski definition) is 2. The second-order valence-electron chi connectivity index (χ2n) is 5.83. The van der Waals surface area contributed by atoms with Gasteiger partial charge in [-0.3, -0.25) is 0 Å². The van der Waals surface area contributed by atoms with Gasteiger partial charge in [0.1, 0.15) is 0 Å². The van der Waals surface area contributed by atoms with Gasteiger partial charge in [0.2, 0.25) is 0 Å². The molecule has 0 aliphatic carbocycles. The van der Waals surface area contributed by atoms with Gasteiger partial charge in [-0.1, -0.05) is 18.2 Å². The van der Waals surface area contributed by atoms with E-state index in [1.807, 2.05) is 12.1 Å². The Morgan fingerprint density at radius 3 is 3.05 bits per heavy atom. The van der Waals surface area contributed by atoms with Crippen LogP contribution in [0.15, 0.2) is 36.5 Å². The molecule has 2 amide bonds. The summed E-state index contributed by atoms with van der Waals surface area (Å²) < 4.78 is 2.22. The number of fused-ring (bicyclic) bond motifs is 1. The first-order valence-corrected chi connectivity index (χ1v) is 7.99. The lowest BCUT2D eigenvalue weighted by Crippen LogP contribution is -2.44. The Morgan fingerprint density at radius 1 is 1.32 bits per heavy atom. The number of rotatable bonds is 5. The number of aryl methyl sites for hydroxylation is 1. The van der Waals surface area contributed by atoms with Gasteiger partial charge in [0, 0.05) is 31.3 Å². The number of urea groups is 1. The third-order valence-corrected chi connectivity index (χ3v) is 4.38.